The molecule has 5 rings (SSSR count). The van der Waals surface area contributed by atoms with Crippen LogP contribution in [0.1, 0.15) is 203 Å². The van der Waals surface area contributed by atoms with Crippen LogP contribution >= 0.6 is 11.6 Å². The van der Waals surface area contributed by atoms with E-state index < -0.39 is 151 Å². The number of carbonyl (C=O) groups excluding carboxylic acids is 12. The molecule has 0 aromatic rings. The minimum Gasteiger partial charge on any atom is -0.343 e. The van der Waals surface area contributed by atoms with Crippen molar-refractivity contribution in [2.45, 2.75) is 257 Å². The highest BCUT2D eigenvalue weighted by Gasteiger charge is 2.43. The van der Waals surface area contributed by atoms with Crippen molar-refractivity contribution in [3.63, 3.8) is 0 Å². The van der Waals surface area contributed by atoms with Gasteiger partial charge in [0.25, 0.3) is 0 Å². The highest BCUT2D eigenvalue weighted by Crippen LogP contribution is 2.34. The maximum atomic E-state index is 15.6. The maximum absolute atomic E-state index is 15.6. The van der Waals surface area contributed by atoms with Crippen molar-refractivity contribution in [2.24, 2.45) is 41.4 Å². The van der Waals surface area contributed by atoms with Gasteiger partial charge >= 0.3 is 0 Å². The van der Waals surface area contributed by atoms with Crippen molar-refractivity contribution in [2.75, 3.05) is 82.1 Å². The van der Waals surface area contributed by atoms with Crippen LogP contribution in [0.25, 0.3) is 0 Å². The Hall–Kier alpha value is -6.07. The number of rotatable bonds is 14. The molecule has 0 aromatic carbocycles. The Balaban J connectivity index is 1.59. The van der Waals surface area contributed by atoms with Gasteiger partial charge in [-0.1, -0.05) is 113 Å². The Labute approximate surface area is 578 Å². The van der Waals surface area contributed by atoms with Gasteiger partial charge in [-0.25, -0.2) is 0 Å². The molecule has 4 N–H and O–H groups in total. The quantitative estimate of drug-likeness (QED) is 0.156. The SMILES string of the molecule is CC[C@H](C)[C@@H]1NC(=O)[C@H](C)N(C)C(=O)C[C@@H](C(=O)N2CCCC2)NC(=O)[C@H](CC(C)C)N(C)C(=O)[C@H](CC2CCCCC2)N(C)C(=O)[C@H](CC(C)C)NC(=O)[C@H](CCC2CCC(C)CC2)NC(=O)CN(C)C(=O)[C@H](CC2CCC(Cl)CC2)N(C)C(=O)CN(C)C(=O)CN(C)C1=O. The van der Waals surface area contributed by atoms with Crippen molar-refractivity contribution >= 4 is 82.5 Å². The van der Waals surface area contributed by atoms with Crippen LogP contribution in [0.3, 0.4) is 0 Å². The van der Waals surface area contributed by atoms with Gasteiger partial charge in [-0.05, 0) is 125 Å². The van der Waals surface area contributed by atoms with Gasteiger partial charge in [0.15, 0.2) is 0 Å². The zero-order valence-corrected chi connectivity index (χ0v) is 61.6. The lowest BCUT2D eigenvalue weighted by Gasteiger charge is -2.39. The standard InChI is InChI=1S/C71H121ClN12O12/c1-16-47(7)63-71(96)79(11)42-61(87)77(9)43-62(88)81(13)57(39-51-28-31-52(72)32-29-51)69(94)78(10)41-59(85)73-53(33-30-49-26-24-46(6)25-27-49)65(90)74-54(36-44(2)3)67(92)83(15)58(38-50-22-18-17-19-23-50)70(95)82(14)56(37-45(4)5)66(91)75-55(68(93)84-34-20-21-35-84)40-60(86)80(12)48(8)64(89)76-63/h44-58,63H,16-43H2,1-15H3,(H,73,85)(H,74,90)(H,75,91)(H,76,89)/t46?,47-,48-,49?,51?,52?,53-,54-,55-,56-,57-,58-,63-/m0/s1. The minimum atomic E-state index is -1.41. The maximum Gasteiger partial charge on any atom is 0.245 e. The molecular weight excluding hydrogens is 1250 g/mol. The summed E-state index contributed by atoms with van der Waals surface area (Å²) >= 11 is 6.53. The summed E-state index contributed by atoms with van der Waals surface area (Å²) < 4.78 is 0. The van der Waals surface area contributed by atoms with Gasteiger partial charge in [-0.2, -0.15) is 0 Å². The lowest BCUT2D eigenvalue weighted by Crippen LogP contribution is -2.60. The molecule has 5 aliphatic rings. The number of halogens is 1. The lowest BCUT2D eigenvalue weighted by atomic mass is 9.80. The molecule has 9 atom stereocenters. The predicted octanol–water partition coefficient (Wildman–Crippen LogP) is 5.56. The van der Waals surface area contributed by atoms with E-state index in [9.17, 15) is 38.4 Å². The van der Waals surface area contributed by atoms with Crippen LogP contribution in [0.2, 0.25) is 0 Å². The molecule has 24 nitrogen and oxygen atoms in total. The van der Waals surface area contributed by atoms with Crippen LogP contribution < -0.4 is 21.3 Å². The van der Waals surface area contributed by atoms with Crippen molar-refractivity contribution in [3.8, 4) is 0 Å². The van der Waals surface area contributed by atoms with Crippen LogP contribution in [0.5, 0.6) is 0 Å². The van der Waals surface area contributed by atoms with Gasteiger partial charge in [-0.15, -0.1) is 11.6 Å². The summed E-state index contributed by atoms with van der Waals surface area (Å²) in [5.41, 5.74) is 0. The molecule has 0 spiro atoms. The molecule has 2 heterocycles. The second kappa shape index (κ2) is 38.3. The number of carbonyl (C=O) groups is 12. The van der Waals surface area contributed by atoms with Crippen LogP contribution in [-0.4, -0.2) is 246 Å². The van der Waals surface area contributed by atoms with Gasteiger partial charge in [0.2, 0.25) is 70.9 Å². The summed E-state index contributed by atoms with van der Waals surface area (Å²) in [5, 5.41) is 11.6. The summed E-state index contributed by atoms with van der Waals surface area (Å²) in [5.74, 6) is -7.03. The Bertz CT molecular complexity index is 2660. The molecule has 0 unspecified atom stereocenters. The highest BCUT2D eigenvalue weighted by molar-refractivity contribution is 6.20. The molecule has 25 heteroatoms. The largest absolute Gasteiger partial charge is 0.343 e. The van der Waals surface area contributed by atoms with E-state index in [0.29, 0.717) is 70.4 Å². The number of hydrogen-bond donors (Lipinski definition) is 4. The normalized spacial score (nSPS) is 30.0. The fourth-order valence-electron chi connectivity index (χ4n) is 14.5. The topological polar surface area (TPSA) is 279 Å². The number of nitrogens with one attached hydrogen (secondary N) is 4. The summed E-state index contributed by atoms with van der Waals surface area (Å²) in [6, 6.07) is -9.43. The third-order valence-corrected chi connectivity index (χ3v) is 21.9. The number of alkyl halides is 1. The Morgan fingerprint density at radius 2 is 1.02 bits per heavy atom. The second-order valence-corrected chi connectivity index (χ2v) is 30.8. The molecule has 0 bridgehead atoms. The first-order valence-electron chi connectivity index (χ1n) is 36.1. The van der Waals surface area contributed by atoms with Crippen LogP contribution in [0.15, 0.2) is 0 Å². The number of likely N-dealkylation sites (N-methyl/N-ethyl adjacent to an activating group) is 7. The van der Waals surface area contributed by atoms with Gasteiger partial charge in [-0.3, -0.25) is 57.5 Å². The summed E-state index contributed by atoms with van der Waals surface area (Å²) in [6.45, 7) is 14.3. The molecule has 12 amide bonds. The van der Waals surface area contributed by atoms with Gasteiger partial charge < -0.3 is 60.5 Å². The zero-order valence-electron chi connectivity index (χ0n) is 60.9. The Morgan fingerprint density at radius 3 is 1.60 bits per heavy atom. The van der Waals surface area contributed by atoms with Crippen molar-refractivity contribution in [1.82, 2.24) is 60.5 Å². The van der Waals surface area contributed by atoms with Crippen LogP contribution in [0, 0.1) is 41.4 Å². The van der Waals surface area contributed by atoms with Crippen LogP contribution in [0.4, 0.5) is 0 Å². The van der Waals surface area contributed by atoms with E-state index in [1.165, 1.54) is 68.8 Å². The molecule has 96 heavy (non-hydrogen) atoms. The summed E-state index contributed by atoms with van der Waals surface area (Å²) in [6.07, 6.45) is 14.4. The average molecular weight is 1370 g/mol. The number of hydrogen-bond acceptors (Lipinski definition) is 12. The molecule has 5 fully saturated rings. The van der Waals surface area contributed by atoms with E-state index in [4.69, 9.17) is 11.6 Å². The molecule has 3 aliphatic carbocycles. The first-order chi connectivity index (χ1) is 45.2. The molecule has 2 aliphatic heterocycles. The van der Waals surface area contributed by atoms with Gasteiger partial charge in [0.1, 0.15) is 48.3 Å². The first kappa shape index (κ1) is 80.6. The van der Waals surface area contributed by atoms with Gasteiger partial charge in [0.05, 0.1) is 26.1 Å². The fourth-order valence-corrected chi connectivity index (χ4v) is 14.7. The fraction of sp³-hybridized carbons (Fsp3) is 0.831. The van der Waals surface area contributed by atoms with Crippen molar-refractivity contribution in [3.05, 3.63) is 0 Å². The first-order valence-corrected chi connectivity index (χ1v) is 36.6. The smallest absolute Gasteiger partial charge is 0.245 e. The zero-order chi connectivity index (χ0) is 71.4. The van der Waals surface area contributed by atoms with E-state index >= 15 is 19.2 Å². The van der Waals surface area contributed by atoms with Crippen molar-refractivity contribution in [1.29, 1.82) is 0 Å². The molecule has 3 saturated carbocycles. The molecule has 0 aromatic heterocycles. The number of nitrogens with zero attached hydrogens (tertiary/aromatic N) is 8. The van der Waals surface area contributed by atoms with E-state index in [2.05, 4.69) is 28.2 Å². The highest BCUT2D eigenvalue weighted by atomic mass is 35.5. The third kappa shape index (κ3) is 23.6. The minimum absolute atomic E-state index is 0.00280. The van der Waals surface area contributed by atoms with Crippen LogP contribution in [-0.2, 0) is 57.5 Å². The Morgan fingerprint density at radius 1 is 0.479 bits per heavy atom. The summed E-state index contributed by atoms with van der Waals surface area (Å²) in [4.78, 5) is 187. The second-order valence-electron chi connectivity index (χ2n) is 30.2. The summed E-state index contributed by atoms with van der Waals surface area (Å²) in [7, 11) is 10.2. The van der Waals surface area contributed by atoms with E-state index in [1.54, 1.807) is 18.9 Å². The molecule has 2 saturated heterocycles. The number of amides is 12. The van der Waals surface area contributed by atoms with E-state index in [0.717, 1.165) is 72.5 Å². The molecular formula is C71H121ClN12O12. The molecule has 0 radical (unpaired) electrons. The average Bonchev–Trinajstić information content (AvgIpc) is 1.14. The Kier molecular flexibility index (Phi) is 32.2. The van der Waals surface area contributed by atoms with E-state index in [1.807, 2.05) is 34.6 Å². The lowest BCUT2D eigenvalue weighted by molar-refractivity contribution is -0.151. The third-order valence-electron chi connectivity index (χ3n) is 21.5. The number of likely N-dealkylation sites (tertiary alicyclic amines) is 1. The van der Waals surface area contributed by atoms with Gasteiger partial charge in [0, 0.05) is 67.8 Å². The molecule has 544 valence electrons. The van der Waals surface area contributed by atoms with Crippen molar-refractivity contribution < 1.29 is 57.5 Å². The van der Waals surface area contributed by atoms with E-state index in [-0.39, 0.29) is 67.1 Å². The monoisotopic (exact) mass is 1370 g/mol. The predicted molar refractivity (Wildman–Crippen MR) is 369 cm³/mol.